The van der Waals surface area contributed by atoms with Crippen molar-refractivity contribution >= 4 is 17.5 Å². The molecule has 0 aliphatic heterocycles. The number of hydrogen-bond donors (Lipinski definition) is 1. The smallest absolute Gasteiger partial charge is 0.234 e. The van der Waals surface area contributed by atoms with E-state index in [-0.39, 0.29) is 18.4 Å². The van der Waals surface area contributed by atoms with Crippen LogP contribution in [-0.4, -0.2) is 13.0 Å². The molecule has 0 fully saturated rings. The van der Waals surface area contributed by atoms with Crippen molar-refractivity contribution in [3.05, 3.63) is 28.8 Å². The van der Waals surface area contributed by atoms with Crippen molar-refractivity contribution in [2.75, 3.05) is 7.11 Å². The summed E-state index contributed by atoms with van der Waals surface area (Å²) in [5.41, 5.74) is 0.822. The summed E-state index contributed by atoms with van der Waals surface area (Å²) in [6.07, 6.45) is -0.153. The van der Waals surface area contributed by atoms with Gasteiger partial charge in [0.25, 0.3) is 0 Å². The average Bonchev–Trinajstić information content (AvgIpc) is 2.28. The molecular formula is C12H13ClN2O2. The number of ether oxygens (including phenoxy) is 1. The second-order valence-electron chi connectivity index (χ2n) is 3.51. The second-order valence-corrected chi connectivity index (χ2v) is 3.95. The van der Waals surface area contributed by atoms with Crippen molar-refractivity contribution < 1.29 is 9.53 Å². The molecule has 0 bridgehead atoms. The van der Waals surface area contributed by atoms with E-state index in [1.165, 1.54) is 0 Å². The summed E-state index contributed by atoms with van der Waals surface area (Å²) in [5, 5.41) is 11.7. The number of methoxy groups -OCH3 is 1. The SMILES string of the molecule is COc1cc(Cl)ccc1C(C)NC(=O)CC#N. The van der Waals surface area contributed by atoms with Gasteiger partial charge >= 0.3 is 0 Å². The van der Waals surface area contributed by atoms with Crippen molar-refractivity contribution in [1.82, 2.24) is 5.32 Å². The van der Waals surface area contributed by atoms with Crippen molar-refractivity contribution in [3.8, 4) is 11.8 Å². The van der Waals surface area contributed by atoms with Crippen LogP contribution in [0.25, 0.3) is 0 Å². The van der Waals surface area contributed by atoms with E-state index in [0.717, 1.165) is 5.56 Å². The number of carbonyl (C=O) groups excluding carboxylic acids is 1. The lowest BCUT2D eigenvalue weighted by atomic mass is 10.1. The van der Waals surface area contributed by atoms with Crippen LogP contribution in [0.5, 0.6) is 5.75 Å². The van der Waals surface area contributed by atoms with Gasteiger partial charge in [0.2, 0.25) is 5.91 Å². The average molecular weight is 253 g/mol. The molecule has 1 aromatic carbocycles. The minimum atomic E-state index is -0.308. The zero-order chi connectivity index (χ0) is 12.8. The molecule has 0 spiro atoms. The fraction of sp³-hybridized carbons (Fsp3) is 0.333. The van der Waals surface area contributed by atoms with Crippen molar-refractivity contribution in [2.24, 2.45) is 0 Å². The van der Waals surface area contributed by atoms with Crippen LogP contribution in [0.1, 0.15) is 24.9 Å². The molecule has 0 aliphatic rings. The zero-order valence-corrected chi connectivity index (χ0v) is 10.4. The number of carbonyl (C=O) groups is 1. The maximum Gasteiger partial charge on any atom is 0.234 e. The third kappa shape index (κ3) is 3.65. The van der Waals surface area contributed by atoms with Gasteiger partial charge < -0.3 is 10.1 Å². The first-order chi connectivity index (χ1) is 8.08. The number of hydrogen-bond acceptors (Lipinski definition) is 3. The lowest BCUT2D eigenvalue weighted by molar-refractivity contribution is -0.120. The van der Waals surface area contributed by atoms with E-state index in [2.05, 4.69) is 5.32 Å². The molecule has 0 radical (unpaired) electrons. The molecule has 1 aromatic rings. The molecule has 1 atom stereocenters. The van der Waals surface area contributed by atoms with Crippen LogP contribution in [-0.2, 0) is 4.79 Å². The fourth-order valence-corrected chi connectivity index (χ4v) is 1.65. The Morgan fingerprint density at radius 2 is 2.35 bits per heavy atom. The molecule has 1 amide bonds. The monoisotopic (exact) mass is 252 g/mol. The number of nitriles is 1. The standard InChI is InChI=1S/C12H13ClN2O2/c1-8(15-12(16)5-6-14)10-4-3-9(13)7-11(10)17-2/h3-4,7-8H,5H2,1-2H3,(H,15,16). The quantitative estimate of drug-likeness (QED) is 0.895. The minimum Gasteiger partial charge on any atom is -0.496 e. The van der Waals surface area contributed by atoms with Gasteiger partial charge in [-0.1, -0.05) is 17.7 Å². The molecule has 0 aliphatic carbocycles. The summed E-state index contributed by atoms with van der Waals surface area (Å²) < 4.78 is 5.19. The maximum atomic E-state index is 11.3. The van der Waals surface area contributed by atoms with Crippen LogP contribution in [0, 0.1) is 11.3 Å². The van der Waals surface area contributed by atoms with Crippen molar-refractivity contribution in [2.45, 2.75) is 19.4 Å². The van der Waals surface area contributed by atoms with E-state index < -0.39 is 0 Å². The molecule has 0 saturated heterocycles. The lowest BCUT2D eigenvalue weighted by Crippen LogP contribution is -2.26. The first kappa shape index (κ1) is 13.3. The largest absolute Gasteiger partial charge is 0.496 e. The highest BCUT2D eigenvalue weighted by atomic mass is 35.5. The van der Waals surface area contributed by atoms with Crippen molar-refractivity contribution in [1.29, 1.82) is 5.26 Å². The van der Waals surface area contributed by atoms with E-state index in [9.17, 15) is 4.79 Å². The van der Waals surface area contributed by atoms with E-state index in [1.807, 2.05) is 6.92 Å². The van der Waals surface area contributed by atoms with Crippen molar-refractivity contribution in [3.63, 3.8) is 0 Å². The Kier molecular flexibility index (Phi) is 4.80. The van der Waals surface area contributed by atoms with Crippen LogP contribution >= 0.6 is 11.6 Å². The van der Waals surface area contributed by atoms with Gasteiger partial charge in [-0.15, -0.1) is 0 Å². The molecule has 0 aromatic heterocycles. The number of nitrogens with one attached hydrogen (secondary N) is 1. The van der Waals surface area contributed by atoms with E-state index in [0.29, 0.717) is 10.8 Å². The number of rotatable bonds is 4. The molecule has 5 heteroatoms. The van der Waals surface area contributed by atoms with Crippen LogP contribution < -0.4 is 10.1 Å². The molecule has 1 unspecified atom stereocenters. The molecule has 90 valence electrons. The Hall–Kier alpha value is -1.73. The lowest BCUT2D eigenvalue weighted by Gasteiger charge is -2.16. The Morgan fingerprint density at radius 1 is 1.65 bits per heavy atom. The topological polar surface area (TPSA) is 62.1 Å². The summed E-state index contributed by atoms with van der Waals surface area (Å²) in [5.74, 6) is 0.305. The Labute approximate surface area is 105 Å². The van der Waals surface area contributed by atoms with Gasteiger partial charge in [-0.25, -0.2) is 0 Å². The van der Waals surface area contributed by atoms with Crippen LogP contribution in [0.2, 0.25) is 5.02 Å². The number of halogens is 1. The highest BCUT2D eigenvalue weighted by Gasteiger charge is 2.13. The summed E-state index contributed by atoms with van der Waals surface area (Å²) in [6, 6.07) is 6.77. The van der Waals surface area contributed by atoms with Gasteiger partial charge in [-0.3, -0.25) is 4.79 Å². The predicted molar refractivity (Wildman–Crippen MR) is 64.8 cm³/mol. The summed E-state index contributed by atoms with van der Waals surface area (Å²) in [7, 11) is 1.54. The molecular weight excluding hydrogens is 240 g/mol. The normalized spacial score (nSPS) is 11.4. The molecule has 0 heterocycles. The first-order valence-electron chi connectivity index (χ1n) is 5.08. The van der Waals surface area contributed by atoms with Gasteiger partial charge in [0.05, 0.1) is 19.2 Å². The van der Waals surface area contributed by atoms with E-state index >= 15 is 0 Å². The first-order valence-corrected chi connectivity index (χ1v) is 5.46. The molecule has 0 saturated carbocycles. The van der Waals surface area contributed by atoms with Crippen LogP contribution in [0.15, 0.2) is 18.2 Å². The third-order valence-corrected chi connectivity index (χ3v) is 2.51. The van der Waals surface area contributed by atoms with E-state index in [1.54, 1.807) is 31.4 Å². The second kappa shape index (κ2) is 6.12. The van der Waals surface area contributed by atoms with Gasteiger partial charge in [0, 0.05) is 10.6 Å². The number of benzene rings is 1. The highest BCUT2D eigenvalue weighted by molar-refractivity contribution is 6.30. The third-order valence-electron chi connectivity index (χ3n) is 2.28. The Morgan fingerprint density at radius 3 is 2.94 bits per heavy atom. The molecule has 1 rings (SSSR count). The van der Waals surface area contributed by atoms with Gasteiger partial charge in [-0.05, 0) is 19.1 Å². The molecule has 17 heavy (non-hydrogen) atoms. The Balaban J connectivity index is 2.85. The molecule has 4 nitrogen and oxygen atoms in total. The fourth-order valence-electron chi connectivity index (χ4n) is 1.48. The van der Waals surface area contributed by atoms with Gasteiger partial charge in [-0.2, -0.15) is 5.26 Å². The van der Waals surface area contributed by atoms with Crippen LogP contribution in [0.3, 0.4) is 0 Å². The summed E-state index contributed by atoms with van der Waals surface area (Å²) in [6.45, 7) is 1.82. The van der Waals surface area contributed by atoms with E-state index in [4.69, 9.17) is 21.6 Å². The maximum absolute atomic E-state index is 11.3. The number of amides is 1. The number of nitrogens with zero attached hydrogens (tertiary/aromatic N) is 1. The Bertz CT molecular complexity index is 454. The predicted octanol–water partition coefficient (Wildman–Crippen LogP) is 2.44. The minimum absolute atomic E-state index is 0.153. The summed E-state index contributed by atoms with van der Waals surface area (Å²) >= 11 is 5.85. The molecule has 1 N–H and O–H groups in total. The zero-order valence-electron chi connectivity index (χ0n) is 9.66. The van der Waals surface area contributed by atoms with Gasteiger partial charge in [0.15, 0.2) is 0 Å². The van der Waals surface area contributed by atoms with Crippen LogP contribution in [0.4, 0.5) is 0 Å². The summed E-state index contributed by atoms with van der Waals surface area (Å²) in [4.78, 5) is 11.3. The highest BCUT2D eigenvalue weighted by Crippen LogP contribution is 2.28. The van der Waals surface area contributed by atoms with Gasteiger partial charge in [0.1, 0.15) is 12.2 Å².